The molecule has 1 aliphatic heterocycles. The van der Waals surface area contributed by atoms with E-state index in [1.807, 2.05) is 11.0 Å². The summed E-state index contributed by atoms with van der Waals surface area (Å²) in [7, 11) is 3.13. The molecule has 0 atom stereocenters. The second-order valence-corrected chi connectivity index (χ2v) is 5.35. The van der Waals surface area contributed by atoms with Crippen molar-refractivity contribution in [1.82, 2.24) is 4.90 Å². The van der Waals surface area contributed by atoms with Gasteiger partial charge in [-0.2, -0.15) is 0 Å². The molecule has 0 aliphatic carbocycles. The SMILES string of the molecule is COc1cccc(C(=O)N2CCC(CCN)CC2)c1OC. The minimum Gasteiger partial charge on any atom is -0.493 e. The van der Waals surface area contributed by atoms with Gasteiger partial charge in [0.15, 0.2) is 11.5 Å². The molecular formula is C16H24N2O3. The van der Waals surface area contributed by atoms with Gasteiger partial charge in [0.1, 0.15) is 0 Å². The Kier molecular flexibility index (Phi) is 5.44. The quantitative estimate of drug-likeness (QED) is 0.900. The molecule has 1 amide bonds. The largest absolute Gasteiger partial charge is 0.493 e. The van der Waals surface area contributed by atoms with Crippen molar-refractivity contribution < 1.29 is 14.3 Å². The van der Waals surface area contributed by atoms with Crippen molar-refractivity contribution in [3.63, 3.8) is 0 Å². The molecule has 2 N–H and O–H groups in total. The summed E-state index contributed by atoms with van der Waals surface area (Å²) in [5.74, 6) is 1.75. The lowest BCUT2D eigenvalue weighted by Gasteiger charge is -2.32. The van der Waals surface area contributed by atoms with Crippen LogP contribution in [0.3, 0.4) is 0 Å². The summed E-state index contributed by atoms with van der Waals surface area (Å²) >= 11 is 0. The van der Waals surface area contributed by atoms with Crippen molar-refractivity contribution in [3.05, 3.63) is 23.8 Å². The van der Waals surface area contributed by atoms with Gasteiger partial charge in [-0.25, -0.2) is 0 Å². The molecule has 21 heavy (non-hydrogen) atoms. The number of ether oxygens (including phenoxy) is 2. The van der Waals surface area contributed by atoms with Crippen molar-refractivity contribution >= 4 is 5.91 Å². The summed E-state index contributed by atoms with van der Waals surface area (Å²) in [5.41, 5.74) is 6.17. The zero-order valence-electron chi connectivity index (χ0n) is 12.8. The summed E-state index contributed by atoms with van der Waals surface area (Å²) in [5, 5.41) is 0. The second-order valence-electron chi connectivity index (χ2n) is 5.35. The van der Waals surface area contributed by atoms with Crippen LogP contribution in [-0.4, -0.2) is 44.7 Å². The van der Waals surface area contributed by atoms with E-state index in [1.54, 1.807) is 26.4 Å². The van der Waals surface area contributed by atoms with E-state index < -0.39 is 0 Å². The first-order chi connectivity index (χ1) is 10.2. The van der Waals surface area contributed by atoms with Gasteiger partial charge in [0.25, 0.3) is 5.91 Å². The molecular weight excluding hydrogens is 268 g/mol. The molecule has 0 bridgehead atoms. The Hall–Kier alpha value is -1.75. The molecule has 0 saturated carbocycles. The van der Waals surface area contributed by atoms with Crippen LogP contribution >= 0.6 is 0 Å². The predicted molar refractivity (Wildman–Crippen MR) is 81.8 cm³/mol. The fraction of sp³-hybridized carbons (Fsp3) is 0.562. The number of benzene rings is 1. The van der Waals surface area contributed by atoms with Crippen molar-refractivity contribution in [2.75, 3.05) is 33.9 Å². The summed E-state index contributed by atoms with van der Waals surface area (Å²) < 4.78 is 10.6. The van der Waals surface area contributed by atoms with Crippen molar-refractivity contribution in [2.24, 2.45) is 11.7 Å². The summed E-state index contributed by atoms with van der Waals surface area (Å²) in [4.78, 5) is 14.6. The maximum absolute atomic E-state index is 12.7. The van der Waals surface area contributed by atoms with Crippen LogP contribution in [-0.2, 0) is 0 Å². The van der Waals surface area contributed by atoms with Gasteiger partial charge in [-0.3, -0.25) is 4.79 Å². The summed E-state index contributed by atoms with van der Waals surface area (Å²) in [6, 6.07) is 5.40. The van der Waals surface area contributed by atoms with Gasteiger partial charge in [0.2, 0.25) is 0 Å². The average Bonchev–Trinajstić information content (AvgIpc) is 2.54. The number of likely N-dealkylation sites (tertiary alicyclic amines) is 1. The number of nitrogens with zero attached hydrogens (tertiary/aromatic N) is 1. The number of amides is 1. The molecule has 1 fully saturated rings. The summed E-state index contributed by atoms with van der Waals surface area (Å²) in [6.45, 7) is 2.29. The van der Waals surface area contributed by atoms with Crippen LogP contribution in [0.2, 0.25) is 0 Å². The highest BCUT2D eigenvalue weighted by Gasteiger charge is 2.26. The monoisotopic (exact) mass is 292 g/mol. The Balaban J connectivity index is 2.11. The number of rotatable bonds is 5. The normalized spacial score (nSPS) is 15.9. The first-order valence-corrected chi connectivity index (χ1v) is 7.41. The van der Waals surface area contributed by atoms with E-state index in [-0.39, 0.29) is 5.91 Å². The van der Waals surface area contributed by atoms with Gasteiger partial charge in [-0.1, -0.05) is 6.07 Å². The molecule has 0 aromatic heterocycles. The Labute approximate surface area is 126 Å². The van der Waals surface area contributed by atoms with Gasteiger partial charge < -0.3 is 20.1 Å². The maximum atomic E-state index is 12.7. The number of methoxy groups -OCH3 is 2. The fourth-order valence-electron chi connectivity index (χ4n) is 2.89. The van der Waals surface area contributed by atoms with Crippen molar-refractivity contribution in [1.29, 1.82) is 0 Å². The Morgan fingerprint density at radius 1 is 1.29 bits per heavy atom. The van der Waals surface area contributed by atoms with E-state index in [0.29, 0.717) is 23.0 Å². The van der Waals surface area contributed by atoms with Crippen molar-refractivity contribution in [2.45, 2.75) is 19.3 Å². The van der Waals surface area contributed by atoms with Gasteiger partial charge >= 0.3 is 0 Å². The zero-order chi connectivity index (χ0) is 15.2. The van der Waals surface area contributed by atoms with E-state index in [4.69, 9.17) is 15.2 Å². The minimum absolute atomic E-state index is 0.0111. The van der Waals surface area contributed by atoms with E-state index in [2.05, 4.69) is 0 Å². The fourth-order valence-corrected chi connectivity index (χ4v) is 2.89. The first-order valence-electron chi connectivity index (χ1n) is 7.41. The number of hydrogen-bond acceptors (Lipinski definition) is 4. The topological polar surface area (TPSA) is 64.8 Å². The molecule has 2 rings (SSSR count). The van der Waals surface area contributed by atoms with Crippen LogP contribution in [0.5, 0.6) is 11.5 Å². The first kappa shape index (κ1) is 15.6. The van der Waals surface area contributed by atoms with E-state index in [9.17, 15) is 4.79 Å². The zero-order valence-corrected chi connectivity index (χ0v) is 12.8. The van der Waals surface area contributed by atoms with Gasteiger partial charge in [-0.05, 0) is 43.9 Å². The van der Waals surface area contributed by atoms with E-state index in [0.717, 1.165) is 38.9 Å². The Morgan fingerprint density at radius 3 is 2.57 bits per heavy atom. The lowest BCUT2D eigenvalue weighted by molar-refractivity contribution is 0.0684. The lowest BCUT2D eigenvalue weighted by atomic mass is 9.93. The standard InChI is InChI=1S/C16H24N2O3/c1-20-14-5-3-4-13(15(14)21-2)16(19)18-10-7-12(6-9-17)8-11-18/h3-5,12H,6-11,17H2,1-2H3. The van der Waals surface area contributed by atoms with Crippen molar-refractivity contribution in [3.8, 4) is 11.5 Å². The number of piperidine rings is 1. The third-order valence-electron chi connectivity index (χ3n) is 4.11. The third kappa shape index (κ3) is 3.47. The average molecular weight is 292 g/mol. The van der Waals surface area contributed by atoms with Gasteiger partial charge in [0, 0.05) is 13.1 Å². The lowest BCUT2D eigenvalue weighted by Crippen LogP contribution is -2.39. The molecule has 5 nitrogen and oxygen atoms in total. The number of carbonyl (C=O) groups is 1. The number of para-hydroxylation sites is 1. The highest BCUT2D eigenvalue weighted by Crippen LogP contribution is 2.32. The molecule has 1 aliphatic rings. The maximum Gasteiger partial charge on any atom is 0.257 e. The number of nitrogens with two attached hydrogens (primary N) is 1. The van der Waals surface area contributed by atoms with Crippen LogP contribution in [0.25, 0.3) is 0 Å². The van der Waals surface area contributed by atoms with Crippen LogP contribution in [0.1, 0.15) is 29.6 Å². The highest BCUT2D eigenvalue weighted by atomic mass is 16.5. The van der Waals surface area contributed by atoms with E-state index >= 15 is 0 Å². The Bertz CT molecular complexity index is 482. The third-order valence-corrected chi connectivity index (χ3v) is 4.11. The molecule has 0 spiro atoms. The van der Waals surface area contributed by atoms with E-state index in [1.165, 1.54) is 0 Å². The van der Waals surface area contributed by atoms with Crippen LogP contribution in [0.15, 0.2) is 18.2 Å². The van der Waals surface area contributed by atoms with Crippen LogP contribution in [0, 0.1) is 5.92 Å². The smallest absolute Gasteiger partial charge is 0.257 e. The molecule has 1 saturated heterocycles. The molecule has 0 radical (unpaired) electrons. The molecule has 0 unspecified atom stereocenters. The Morgan fingerprint density at radius 2 is 2.00 bits per heavy atom. The highest BCUT2D eigenvalue weighted by molar-refractivity contribution is 5.97. The van der Waals surface area contributed by atoms with Gasteiger partial charge in [-0.15, -0.1) is 0 Å². The van der Waals surface area contributed by atoms with Gasteiger partial charge in [0.05, 0.1) is 19.8 Å². The molecule has 116 valence electrons. The van der Waals surface area contributed by atoms with Crippen LogP contribution in [0.4, 0.5) is 0 Å². The molecule has 1 aromatic rings. The number of hydrogen-bond donors (Lipinski definition) is 1. The summed E-state index contributed by atoms with van der Waals surface area (Å²) in [6.07, 6.45) is 3.09. The second kappa shape index (κ2) is 7.31. The van der Waals surface area contributed by atoms with Crippen LogP contribution < -0.4 is 15.2 Å². The number of carbonyl (C=O) groups excluding carboxylic acids is 1. The molecule has 1 heterocycles. The molecule has 5 heteroatoms. The predicted octanol–water partition coefficient (Wildman–Crippen LogP) is 1.90. The molecule has 1 aromatic carbocycles. The minimum atomic E-state index is 0.0111.